The van der Waals surface area contributed by atoms with Gasteiger partial charge >= 0.3 is 0 Å². The fourth-order valence-corrected chi connectivity index (χ4v) is 3.28. The van der Waals surface area contributed by atoms with Crippen molar-refractivity contribution in [2.24, 2.45) is 0 Å². The maximum atomic E-state index is 12.5. The minimum absolute atomic E-state index is 0.0643. The number of nitrogens with one attached hydrogen (secondary N) is 1. The van der Waals surface area contributed by atoms with E-state index >= 15 is 0 Å². The second kappa shape index (κ2) is 7.30. The van der Waals surface area contributed by atoms with Gasteiger partial charge in [0.05, 0.1) is 0 Å². The second-order valence-electron chi connectivity index (χ2n) is 5.98. The molecule has 0 radical (unpaired) electrons. The fraction of sp³-hybridized carbons (Fsp3) is 0.300. The van der Waals surface area contributed by atoms with E-state index in [2.05, 4.69) is 23.5 Å². The van der Waals surface area contributed by atoms with E-state index in [1.165, 1.54) is 0 Å². The molecule has 3 rings (SSSR count). The normalized spacial score (nSPS) is 17.1. The molecule has 4 nitrogen and oxygen atoms in total. The number of carbonyl (C=O) groups is 2. The van der Waals surface area contributed by atoms with E-state index < -0.39 is 0 Å². The first-order valence-electron chi connectivity index (χ1n) is 8.41. The number of likely N-dealkylation sites (tertiary alicyclic amines) is 1. The fourth-order valence-electron chi connectivity index (χ4n) is 3.28. The second-order valence-corrected chi connectivity index (χ2v) is 5.98. The largest absolute Gasteiger partial charge is 0.350 e. The number of hydrogen-bond donors (Lipinski definition) is 1. The van der Waals surface area contributed by atoms with E-state index in [1.807, 2.05) is 43.3 Å². The lowest BCUT2D eigenvalue weighted by molar-refractivity contribution is -0.135. The Morgan fingerprint density at radius 2 is 1.83 bits per heavy atom. The molecule has 2 aromatic rings. The Morgan fingerprint density at radius 1 is 1.12 bits per heavy atom. The van der Waals surface area contributed by atoms with Crippen molar-refractivity contribution in [1.29, 1.82) is 0 Å². The Morgan fingerprint density at radius 3 is 2.58 bits per heavy atom. The van der Waals surface area contributed by atoms with Gasteiger partial charge in [0.15, 0.2) is 0 Å². The van der Waals surface area contributed by atoms with Crippen molar-refractivity contribution in [3.8, 4) is 11.1 Å². The zero-order chi connectivity index (χ0) is 16.9. The molecule has 0 unspecified atom stereocenters. The molecular formula is C20H22N2O2. The van der Waals surface area contributed by atoms with Gasteiger partial charge in [-0.25, -0.2) is 0 Å². The minimum atomic E-state index is -0.327. The molecule has 1 aliphatic rings. The van der Waals surface area contributed by atoms with Gasteiger partial charge in [0.1, 0.15) is 6.04 Å². The van der Waals surface area contributed by atoms with Crippen LogP contribution in [0.3, 0.4) is 0 Å². The van der Waals surface area contributed by atoms with Crippen LogP contribution < -0.4 is 5.32 Å². The summed E-state index contributed by atoms with van der Waals surface area (Å²) in [5.74, 6) is 0.00732. The predicted molar refractivity (Wildman–Crippen MR) is 94.1 cm³/mol. The number of nitrogens with zero attached hydrogens (tertiary/aromatic N) is 1. The average Bonchev–Trinajstić information content (AvgIpc) is 3.01. The summed E-state index contributed by atoms with van der Waals surface area (Å²) < 4.78 is 0. The third-order valence-corrected chi connectivity index (χ3v) is 4.53. The highest BCUT2D eigenvalue weighted by atomic mass is 16.2. The molecule has 0 saturated carbocycles. The van der Waals surface area contributed by atoms with Crippen molar-refractivity contribution in [3.05, 3.63) is 60.2 Å². The first kappa shape index (κ1) is 16.2. The monoisotopic (exact) mass is 322 g/mol. The van der Waals surface area contributed by atoms with E-state index in [-0.39, 0.29) is 17.9 Å². The SMILES string of the molecule is CCN1C(=O)CC[C@H]1C(=O)NCc1ccccc1-c1ccccc1. The molecule has 1 heterocycles. The summed E-state index contributed by atoms with van der Waals surface area (Å²) in [6, 6.07) is 17.9. The molecule has 2 amide bonds. The molecule has 4 heteroatoms. The van der Waals surface area contributed by atoms with Crippen molar-refractivity contribution in [1.82, 2.24) is 10.2 Å². The van der Waals surface area contributed by atoms with Crippen LogP contribution in [-0.4, -0.2) is 29.3 Å². The van der Waals surface area contributed by atoms with E-state index in [0.29, 0.717) is 25.9 Å². The van der Waals surface area contributed by atoms with Gasteiger partial charge < -0.3 is 10.2 Å². The summed E-state index contributed by atoms with van der Waals surface area (Å²) >= 11 is 0. The van der Waals surface area contributed by atoms with Gasteiger partial charge in [-0.05, 0) is 30.0 Å². The van der Waals surface area contributed by atoms with Crippen LogP contribution in [0.4, 0.5) is 0 Å². The Balaban J connectivity index is 1.72. The molecule has 0 bridgehead atoms. The van der Waals surface area contributed by atoms with Crippen molar-refractivity contribution in [2.75, 3.05) is 6.54 Å². The number of rotatable bonds is 5. The smallest absolute Gasteiger partial charge is 0.243 e. The van der Waals surface area contributed by atoms with Crippen LogP contribution in [0.15, 0.2) is 54.6 Å². The molecule has 0 aliphatic carbocycles. The zero-order valence-corrected chi connectivity index (χ0v) is 13.9. The average molecular weight is 322 g/mol. The molecular weight excluding hydrogens is 300 g/mol. The van der Waals surface area contributed by atoms with Crippen LogP contribution in [0.25, 0.3) is 11.1 Å². The highest BCUT2D eigenvalue weighted by molar-refractivity contribution is 5.91. The van der Waals surface area contributed by atoms with Gasteiger partial charge in [-0.1, -0.05) is 54.6 Å². The molecule has 124 valence electrons. The van der Waals surface area contributed by atoms with Crippen LogP contribution in [0, 0.1) is 0 Å². The molecule has 0 aromatic heterocycles. The highest BCUT2D eigenvalue weighted by Gasteiger charge is 2.34. The molecule has 1 atom stereocenters. The quantitative estimate of drug-likeness (QED) is 0.920. The Kier molecular flexibility index (Phi) is 4.94. The summed E-state index contributed by atoms with van der Waals surface area (Å²) in [4.78, 5) is 25.9. The van der Waals surface area contributed by atoms with Crippen molar-refractivity contribution in [2.45, 2.75) is 32.4 Å². The highest BCUT2D eigenvalue weighted by Crippen LogP contribution is 2.24. The van der Waals surface area contributed by atoms with Gasteiger partial charge in [0.2, 0.25) is 11.8 Å². The van der Waals surface area contributed by atoms with Gasteiger partial charge in [-0.2, -0.15) is 0 Å². The third-order valence-electron chi connectivity index (χ3n) is 4.53. The number of benzene rings is 2. The molecule has 0 spiro atoms. The Hall–Kier alpha value is -2.62. The summed E-state index contributed by atoms with van der Waals surface area (Å²) in [5.41, 5.74) is 3.33. The van der Waals surface area contributed by atoms with Crippen LogP contribution in [0.5, 0.6) is 0 Å². The third kappa shape index (κ3) is 3.32. The number of carbonyl (C=O) groups excluding carboxylic acids is 2. The Bertz CT molecular complexity index is 727. The lowest BCUT2D eigenvalue weighted by Crippen LogP contribution is -2.44. The van der Waals surface area contributed by atoms with Crippen LogP contribution in [0.1, 0.15) is 25.3 Å². The maximum Gasteiger partial charge on any atom is 0.243 e. The van der Waals surface area contributed by atoms with E-state index in [4.69, 9.17) is 0 Å². The zero-order valence-electron chi connectivity index (χ0n) is 13.9. The van der Waals surface area contributed by atoms with Crippen molar-refractivity contribution in [3.63, 3.8) is 0 Å². The lowest BCUT2D eigenvalue weighted by Gasteiger charge is -2.22. The molecule has 1 saturated heterocycles. The molecule has 2 aromatic carbocycles. The van der Waals surface area contributed by atoms with E-state index in [0.717, 1.165) is 16.7 Å². The summed E-state index contributed by atoms with van der Waals surface area (Å²) in [6.07, 6.45) is 1.07. The van der Waals surface area contributed by atoms with Gasteiger partial charge in [-0.3, -0.25) is 9.59 Å². The van der Waals surface area contributed by atoms with Gasteiger partial charge in [-0.15, -0.1) is 0 Å². The number of likely N-dealkylation sites (N-methyl/N-ethyl adjacent to an activating group) is 1. The molecule has 24 heavy (non-hydrogen) atoms. The standard InChI is InChI=1S/C20H22N2O2/c1-2-22-18(12-13-19(22)23)20(24)21-14-16-10-6-7-11-17(16)15-8-4-3-5-9-15/h3-11,18H,2,12-14H2,1H3,(H,21,24)/t18-/m0/s1. The van der Waals surface area contributed by atoms with E-state index in [1.54, 1.807) is 4.90 Å². The van der Waals surface area contributed by atoms with Crippen molar-refractivity contribution < 1.29 is 9.59 Å². The van der Waals surface area contributed by atoms with Gasteiger partial charge in [0, 0.05) is 19.5 Å². The topological polar surface area (TPSA) is 49.4 Å². The minimum Gasteiger partial charge on any atom is -0.350 e. The summed E-state index contributed by atoms with van der Waals surface area (Å²) in [6.45, 7) is 2.96. The number of hydrogen-bond acceptors (Lipinski definition) is 2. The maximum absolute atomic E-state index is 12.5. The Labute approximate surface area is 142 Å². The number of amides is 2. The van der Waals surface area contributed by atoms with Crippen LogP contribution in [0.2, 0.25) is 0 Å². The predicted octanol–water partition coefficient (Wildman–Crippen LogP) is 2.98. The van der Waals surface area contributed by atoms with Gasteiger partial charge in [0.25, 0.3) is 0 Å². The lowest BCUT2D eigenvalue weighted by atomic mass is 9.99. The van der Waals surface area contributed by atoms with Crippen LogP contribution >= 0.6 is 0 Å². The summed E-state index contributed by atoms with van der Waals surface area (Å²) in [5, 5.41) is 3.00. The first-order valence-corrected chi connectivity index (χ1v) is 8.41. The first-order chi connectivity index (χ1) is 11.7. The summed E-state index contributed by atoms with van der Waals surface area (Å²) in [7, 11) is 0. The molecule has 1 fully saturated rings. The van der Waals surface area contributed by atoms with Crippen LogP contribution in [-0.2, 0) is 16.1 Å². The molecule has 1 aliphatic heterocycles. The van der Waals surface area contributed by atoms with E-state index in [9.17, 15) is 9.59 Å². The van der Waals surface area contributed by atoms with Crippen molar-refractivity contribution >= 4 is 11.8 Å². The molecule has 1 N–H and O–H groups in total.